The first-order valence-electron chi connectivity index (χ1n) is 9.79. The van der Waals surface area contributed by atoms with Gasteiger partial charge in [0.05, 0.1) is 6.26 Å². The minimum Gasteiger partial charge on any atom is -0.489 e. The maximum atomic E-state index is 11.5. The molecule has 3 rings (SSSR count). The molecule has 1 unspecified atom stereocenters. The summed E-state index contributed by atoms with van der Waals surface area (Å²) in [6.07, 6.45) is 4.99. The van der Waals surface area contributed by atoms with Crippen molar-refractivity contribution in [1.29, 1.82) is 0 Å². The summed E-state index contributed by atoms with van der Waals surface area (Å²) >= 11 is 0. The zero-order valence-electron chi connectivity index (χ0n) is 18.5. The quantitative estimate of drug-likeness (QED) is 0.531. The van der Waals surface area contributed by atoms with Crippen LogP contribution in [-0.4, -0.2) is 32.9 Å². The lowest BCUT2D eigenvalue weighted by atomic mass is 9.92. The van der Waals surface area contributed by atoms with Crippen LogP contribution in [0.25, 0.3) is 6.08 Å². The number of anilines is 1. The summed E-state index contributed by atoms with van der Waals surface area (Å²) in [7, 11) is -3.33. The highest BCUT2D eigenvalue weighted by molar-refractivity contribution is 7.92. The van der Waals surface area contributed by atoms with Crippen LogP contribution in [0.4, 0.5) is 5.69 Å². The normalized spacial score (nSPS) is 17.5. The summed E-state index contributed by atoms with van der Waals surface area (Å²) in [5.41, 5.74) is 3.26. The second-order valence-corrected chi connectivity index (χ2v) is 9.72. The van der Waals surface area contributed by atoms with E-state index < -0.39 is 15.6 Å². The summed E-state index contributed by atoms with van der Waals surface area (Å²) in [6.45, 7) is 9.32. The highest BCUT2D eigenvalue weighted by Gasteiger charge is 2.32. The van der Waals surface area contributed by atoms with Crippen molar-refractivity contribution in [1.82, 2.24) is 0 Å². The van der Waals surface area contributed by atoms with E-state index in [4.69, 9.17) is 14.2 Å². The average molecular weight is 446 g/mol. The smallest absolute Gasteiger partial charge is 0.308 e. The molecule has 2 aromatic carbocycles. The van der Waals surface area contributed by atoms with Crippen molar-refractivity contribution in [3.05, 3.63) is 52.6 Å². The molecule has 0 aromatic heterocycles. The second-order valence-electron chi connectivity index (χ2n) is 7.98. The Labute approximate surface area is 183 Å². The van der Waals surface area contributed by atoms with Crippen LogP contribution < -0.4 is 18.9 Å². The number of nitrogens with one attached hydrogen (secondary N) is 1. The van der Waals surface area contributed by atoms with Gasteiger partial charge in [0, 0.05) is 23.7 Å². The number of carbonyl (C=O) groups excluding carboxylic acids is 1. The van der Waals surface area contributed by atoms with Crippen LogP contribution in [-0.2, 0) is 14.8 Å². The summed E-state index contributed by atoms with van der Waals surface area (Å²) < 4.78 is 42.7. The monoisotopic (exact) mass is 445 g/mol. The van der Waals surface area contributed by atoms with Gasteiger partial charge in [-0.15, -0.1) is 0 Å². The zero-order chi connectivity index (χ0) is 23.0. The second kappa shape index (κ2) is 8.26. The third-order valence-corrected chi connectivity index (χ3v) is 5.71. The lowest BCUT2D eigenvalue weighted by Crippen LogP contribution is -2.39. The number of fused-ring (bicyclic) bond motifs is 1. The summed E-state index contributed by atoms with van der Waals surface area (Å²) in [6, 6.07) is 6.67. The van der Waals surface area contributed by atoms with Crippen LogP contribution in [0.5, 0.6) is 17.2 Å². The van der Waals surface area contributed by atoms with E-state index in [1.807, 2.05) is 39.8 Å². The molecule has 7 nitrogen and oxygen atoms in total. The van der Waals surface area contributed by atoms with Crippen molar-refractivity contribution in [2.45, 2.75) is 40.2 Å². The van der Waals surface area contributed by atoms with E-state index in [-0.39, 0.29) is 12.6 Å². The maximum Gasteiger partial charge on any atom is 0.308 e. The Morgan fingerprint density at radius 1 is 1.10 bits per heavy atom. The fraction of sp³-hybridized carbons (Fsp3) is 0.348. The Kier molecular flexibility index (Phi) is 6.04. The average Bonchev–Trinajstić information content (AvgIpc) is 2.68. The number of benzene rings is 2. The molecule has 1 N–H and O–H groups in total. The molecular weight excluding hydrogens is 418 g/mol. The van der Waals surface area contributed by atoms with Gasteiger partial charge in [-0.1, -0.05) is 6.08 Å². The lowest BCUT2D eigenvalue weighted by molar-refractivity contribution is -0.132. The molecule has 8 heteroatoms. The molecule has 0 saturated carbocycles. The summed E-state index contributed by atoms with van der Waals surface area (Å²) in [5.74, 6) is 1.55. The van der Waals surface area contributed by atoms with Gasteiger partial charge in [-0.3, -0.25) is 9.52 Å². The molecule has 1 heterocycles. The number of rotatable bonds is 6. The van der Waals surface area contributed by atoms with Gasteiger partial charge < -0.3 is 14.2 Å². The van der Waals surface area contributed by atoms with Gasteiger partial charge in [0.2, 0.25) is 10.0 Å². The molecular formula is C23H27NO6S. The van der Waals surface area contributed by atoms with Crippen LogP contribution in [0.2, 0.25) is 0 Å². The van der Waals surface area contributed by atoms with E-state index in [0.29, 0.717) is 17.2 Å². The molecule has 0 fully saturated rings. The van der Waals surface area contributed by atoms with E-state index in [1.165, 1.54) is 6.92 Å². The van der Waals surface area contributed by atoms with E-state index >= 15 is 0 Å². The molecule has 1 aliphatic rings. The Morgan fingerprint density at radius 3 is 2.32 bits per heavy atom. The van der Waals surface area contributed by atoms with Crippen molar-refractivity contribution in [3.8, 4) is 17.2 Å². The molecule has 0 radical (unpaired) electrons. The Morgan fingerprint density at radius 2 is 1.74 bits per heavy atom. The molecule has 2 aromatic rings. The molecule has 166 valence electrons. The fourth-order valence-electron chi connectivity index (χ4n) is 3.41. The van der Waals surface area contributed by atoms with Crippen molar-refractivity contribution < 1.29 is 27.4 Å². The largest absolute Gasteiger partial charge is 0.489 e. The van der Waals surface area contributed by atoms with Gasteiger partial charge in [-0.05, 0) is 69.2 Å². The van der Waals surface area contributed by atoms with Crippen LogP contribution in [0.3, 0.4) is 0 Å². The number of sulfonamides is 1. The van der Waals surface area contributed by atoms with E-state index in [2.05, 4.69) is 4.72 Å². The Bertz CT molecular complexity index is 1150. The van der Waals surface area contributed by atoms with Gasteiger partial charge in [-0.2, -0.15) is 0 Å². The van der Waals surface area contributed by atoms with Gasteiger partial charge in [0.1, 0.15) is 23.9 Å². The number of hydrogen-bond acceptors (Lipinski definition) is 6. The van der Waals surface area contributed by atoms with Crippen molar-refractivity contribution in [3.63, 3.8) is 0 Å². The first kappa shape index (κ1) is 22.7. The van der Waals surface area contributed by atoms with Crippen molar-refractivity contribution >= 4 is 27.8 Å². The first-order valence-corrected chi connectivity index (χ1v) is 11.7. The predicted octanol–water partition coefficient (Wildman–Crippen LogP) is 4.15. The van der Waals surface area contributed by atoms with Crippen LogP contribution in [0.15, 0.2) is 30.3 Å². The third kappa shape index (κ3) is 5.19. The molecule has 0 bridgehead atoms. The van der Waals surface area contributed by atoms with Gasteiger partial charge in [0.15, 0.2) is 5.60 Å². The third-order valence-electron chi connectivity index (χ3n) is 5.10. The van der Waals surface area contributed by atoms with Crippen LogP contribution in [0.1, 0.15) is 36.1 Å². The maximum absolute atomic E-state index is 11.5. The minimum absolute atomic E-state index is 0.255. The Hall–Kier alpha value is -3.00. The Balaban J connectivity index is 1.78. The fourth-order valence-corrected chi connectivity index (χ4v) is 3.97. The molecule has 0 amide bonds. The van der Waals surface area contributed by atoms with Gasteiger partial charge in [0.25, 0.3) is 0 Å². The number of carbonyl (C=O) groups is 1. The molecule has 0 spiro atoms. The molecule has 0 aliphatic carbocycles. The molecule has 0 saturated heterocycles. The number of esters is 1. The predicted molar refractivity (Wildman–Crippen MR) is 120 cm³/mol. The van der Waals surface area contributed by atoms with Crippen molar-refractivity contribution in [2.24, 2.45) is 0 Å². The van der Waals surface area contributed by atoms with E-state index in [1.54, 1.807) is 24.3 Å². The SMILES string of the molecule is CC(=O)Oc1c(C)c(C)c2c(c1C)C=CC(C)(COc1ccc(NS(C)(=O)=O)cc1)O2. The van der Waals surface area contributed by atoms with Crippen LogP contribution >= 0.6 is 0 Å². The zero-order valence-corrected chi connectivity index (χ0v) is 19.3. The highest BCUT2D eigenvalue weighted by Crippen LogP contribution is 2.43. The molecule has 31 heavy (non-hydrogen) atoms. The van der Waals surface area contributed by atoms with Gasteiger partial charge in [-0.25, -0.2) is 8.42 Å². The summed E-state index contributed by atoms with van der Waals surface area (Å²) in [4.78, 5) is 11.5. The number of ether oxygens (including phenoxy) is 3. The minimum atomic E-state index is -3.33. The molecule has 1 aliphatic heterocycles. The van der Waals surface area contributed by atoms with E-state index in [0.717, 1.165) is 34.3 Å². The highest BCUT2D eigenvalue weighted by atomic mass is 32.2. The van der Waals surface area contributed by atoms with Gasteiger partial charge >= 0.3 is 5.97 Å². The van der Waals surface area contributed by atoms with E-state index in [9.17, 15) is 13.2 Å². The first-order chi connectivity index (χ1) is 14.4. The van der Waals surface area contributed by atoms with Crippen molar-refractivity contribution in [2.75, 3.05) is 17.6 Å². The van der Waals surface area contributed by atoms with Crippen LogP contribution in [0, 0.1) is 20.8 Å². The number of hydrogen-bond donors (Lipinski definition) is 1. The molecule has 1 atom stereocenters. The topological polar surface area (TPSA) is 90.9 Å². The summed E-state index contributed by atoms with van der Waals surface area (Å²) in [5, 5.41) is 0. The lowest BCUT2D eigenvalue weighted by Gasteiger charge is -2.34. The standard InChI is InChI=1S/C23H27NO6S/c1-14-15(2)22-20(16(3)21(14)29-17(4)25)11-12-23(5,30-22)13-28-19-9-7-18(8-10-19)24-31(6,26)27/h7-12,24H,13H2,1-6H3.